The normalized spacial score (nSPS) is 14.6. The number of ether oxygens (including phenoxy) is 4. The maximum atomic E-state index is 12.2. The number of fused-ring (bicyclic) bond motifs is 1. The number of benzene rings is 3. The molecule has 0 fully saturated rings. The monoisotopic (exact) mass is 428 g/mol. The molecule has 7 heteroatoms. The van der Waals surface area contributed by atoms with Gasteiger partial charge in [-0.05, 0) is 24.3 Å². The largest absolute Gasteiger partial charge is 0.496 e. The highest BCUT2D eigenvalue weighted by atomic mass is 16.6. The van der Waals surface area contributed by atoms with Crippen molar-refractivity contribution in [3.05, 3.63) is 95.4 Å². The summed E-state index contributed by atoms with van der Waals surface area (Å²) >= 11 is 0. The number of nitrogens with zero attached hydrogens (tertiary/aromatic N) is 1. The average Bonchev–Trinajstić information content (AvgIpc) is 2.82. The minimum Gasteiger partial charge on any atom is -0.496 e. The van der Waals surface area contributed by atoms with E-state index in [4.69, 9.17) is 24.7 Å². The van der Waals surface area contributed by atoms with Crippen LogP contribution in [0.1, 0.15) is 17.0 Å². The first-order chi connectivity index (χ1) is 15.6. The zero-order valence-corrected chi connectivity index (χ0v) is 17.3. The lowest BCUT2D eigenvalue weighted by Crippen LogP contribution is -2.22. The topological polar surface area (TPSA) is 104 Å². The second-order valence-corrected chi connectivity index (χ2v) is 6.94. The van der Waals surface area contributed by atoms with Crippen LogP contribution in [0.4, 0.5) is 0 Å². The van der Waals surface area contributed by atoms with E-state index in [1.165, 1.54) is 0 Å². The van der Waals surface area contributed by atoms with Gasteiger partial charge in [0.05, 0.1) is 13.0 Å². The highest BCUT2D eigenvalue weighted by Gasteiger charge is 2.32. The maximum Gasteiger partial charge on any atom is 0.349 e. The molecule has 3 aromatic carbocycles. The lowest BCUT2D eigenvalue weighted by atomic mass is 9.83. The van der Waals surface area contributed by atoms with Crippen molar-refractivity contribution < 1.29 is 23.7 Å². The molecule has 1 aliphatic rings. The quantitative estimate of drug-likeness (QED) is 0.469. The number of methoxy groups -OCH3 is 1. The second-order valence-electron chi connectivity index (χ2n) is 6.94. The summed E-state index contributed by atoms with van der Waals surface area (Å²) in [6.45, 7) is -0.244. The van der Waals surface area contributed by atoms with Gasteiger partial charge in [0.15, 0.2) is 6.61 Å². The van der Waals surface area contributed by atoms with Gasteiger partial charge in [0, 0.05) is 17.2 Å². The molecule has 3 aromatic rings. The number of esters is 1. The predicted octanol–water partition coefficient (Wildman–Crippen LogP) is 3.90. The fraction of sp³-hybridized carbons (Fsp3) is 0.120. The summed E-state index contributed by atoms with van der Waals surface area (Å²) in [6.07, 6.45) is 0. The maximum absolute atomic E-state index is 12.2. The molecule has 1 aliphatic heterocycles. The van der Waals surface area contributed by atoms with Crippen molar-refractivity contribution in [1.82, 2.24) is 0 Å². The summed E-state index contributed by atoms with van der Waals surface area (Å²) in [6, 6.07) is 23.5. The van der Waals surface area contributed by atoms with Gasteiger partial charge in [-0.1, -0.05) is 42.5 Å². The fourth-order valence-corrected chi connectivity index (χ4v) is 3.54. The number of para-hydroxylation sites is 2. The third-order valence-corrected chi connectivity index (χ3v) is 4.97. The van der Waals surface area contributed by atoms with Gasteiger partial charge in [-0.25, -0.2) is 4.79 Å². The van der Waals surface area contributed by atoms with Crippen LogP contribution in [0, 0.1) is 11.3 Å². The van der Waals surface area contributed by atoms with Crippen LogP contribution in [-0.4, -0.2) is 19.7 Å². The Morgan fingerprint density at radius 2 is 1.78 bits per heavy atom. The van der Waals surface area contributed by atoms with Gasteiger partial charge in [0.1, 0.15) is 34.6 Å². The molecule has 1 heterocycles. The number of carbonyl (C=O) groups is 1. The van der Waals surface area contributed by atoms with Crippen molar-refractivity contribution in [2.24, 2.45) is 5.73 Å². The van der Waals surface area contributed by atoms with Crippen LogP contribution in [0.3, 0.4) is 0 Å². The summed E-state index contributed by atoms with van der Waals surface area (Å²) in [7, 11) is 1.57. The van der Waals surface area contributed by atoms with Crippen LogP contribution in [-0.2, 0) is 4.79 Å². The zero-order valence-electron chi connectivity index (χ0n) is 17.3. The number of hydrogen-bond donors (Lipinski definition) is 1. The van der Waals surface area contributed by atoms with Crippen molar-refractivity contribution in [2.45, 2.75) is 5.92 Å². The molecule has 0 aliphatic carbocycles. The Balaban J connectivity index is 1.59. The molecule has 1 atom stereocenters. The molecule has 0 spiro atoms. The van der Waals surface area contributed by atoms with E-state index in [0.29, 0.717) is 22.8 Å². The highest BCUT2D eigenvalue weighted by Crippen LogP contribution is 2.45. The number of carbonyl (C=O) groups excluding carboxylic acids is 1. The smallest absolute Gasteiger partial charge is 0.349 e. The van der Waals surface area contributed by atoms with Gasteiger partial charge in [-0.2, -0.15) is 5.26 Å². The molecule has 0 saturated carbocycles. The van der Waals surface area contributed by atoms with Crippen LogP contribution >= 0.6 is 0 Å². The Labute approximate surface area is 185 Å². The molecule has 1 unspecified atom stereocenters. The van der Waals surface area contributed by atoms with Gasteiger partial charge in [0.2, 0.25) is 5.88 Å². The van der Waals surface area contributed by atoms with Crippen LogP contribution < -0.4 is 24.7 Å². The molecule has 160 valence electrons. The van der Waals surface area contributed by atoms with Crippen molar-refractivity contribution in [3.63, 3.8) is 0 Å². The Morgan fingerprint density at radius 1 is 1.03 bits per heavy atom. The molecule has 0 aromatic heterocycles. The van der Waals surface area contributed by atoms with Gasteiger partial charge < -0.3 is 24.7 Å². The SMILES string of the molecule is COc1ccccc1C1C(C#N)=C(N)Oc2cc(OC(=O)COc3ccccc3)ccc21. The van der Waals surface area contributed by atoms with Crippen LogP contribution in [0.25, 0.3) is 0 Å². The summed E-state index contributed by atoms with van der Waals surface area (Å²) in [5, 5.41) is 9.72. The van der Waals surface area contributed by atoms with Crippen molar-refractivity contribution in [1.29, 1.82) is 5.26 Å². The molecule has 7 nitrogen and oxygen atoms in total. The van der Waals surface area contributed by atoms with Crippen LogP contribution in [0.2, 0.25) is 0 Å². The lowest BCUT2D eigenvalue weighted by molar-refractivity contribution is -0.136. The van der Waals surface area contributed by atoms with E-state index in [9.17, 15) is 10.1 Å². The third kappa shape index (κ3) is 4.20. The van der Waals surface area contributed by atoms with Crippen molar-refractivity contribution in [2.75, 3.05) is 13.7 Å². The van der Waals surface area contributed by atoms with E-state index in [1.807, 2.05) is 42.5 Å². The zero-order chi connectivity index (χ0) is 22.5. The number of nitrogens with two attached hydrogens (primary N) is 1. The fourth-order valence-electron chi connectivity index (χ4n) is 3.54. The second kappa shape index (κ2) is 9.14. The average molecular weight is 428 g/mol. The number of rotatable bonds is 6. The van der Waals surface area contributed by atoms with Crippen LogP contribution in [0.15, 0.2) is 84.3 Å². The number of allylic oxidation sites excluding steroid dienone is 1. The summed E-state index contributed by atoms with van der Waals surface area (Å²) in [5.41, 5.74) is 7.82. The van der Waals surface area contributed by atoms with Gasteiger partial charge >= 0.3 is 5.97 Å². The Kier molecular flexibility index (Phi) is 5.95. The van der Waals surface area contributed by atoms with E-state index >= 15 is 0 Å². The molecular formula is C25H20N2O5. The Bertz CT molecular complexity index is 1210. The van der Waals surface area contributed by atoms with E-state index in [1.54, 1.807) is 37.4 Å². The number of nitriles is 1. The standard InChI is InChI=1S/C25H20N2O5/c1-29-21-10-6-5-9-18(21)24-19-12-11-17(13-22(19)32-25(27)20(24)14-26)31-23(28)15-30-16-7-3-2-4-8-16/h2-13,24H,15,27H2,1H3. The van der Waals surface area contributed by atoms with Crippen molar-refractivity contribution >= 4 is 5.97 Å². The molecule has 4 rings (SSSR count). The highest BCUT2D eigenvalue weighted by molar-refractivity contribution is 5.74. The minimum absolute atomic E-state index is 0.00760. The van der Waals surface area contributed by atoms with Gasteiger partial charge in [-0.3, -0.25) is 0 Å². The van der Waals surface area contributed by atoms with E-state index < -0.39 is 11.9 Å². The molecular weight excluding hydrogens is 408 g/mol. The first kappa shape index (κ1) is 20.8. The van der Waals surface area contributed by atoms with E-state index in [0.717, 1.165) is 5.56 Å². The summed E-state index contributed by atoms with van der Waals surface area (Å²) in [4.78, 5) is 12.2. The first-order valence-corrected chi connectivity index (χ1v) is 9.83. The number of hydrogen-bond acceptors (Lipinski definition) is 7. The van der Waals surface area contributed by atoms with Gasteiger partial charge in [0.25, 0.3) is 0 Å². The summed E-state index contributed by atoms with van der Waals surface area (Å²) < 4.78 is 22.0. The van der Waals surface area contributed by atoms with E-state index in [-0.39, 0.29) is 23.8 Å². The van der Waals surface area contributed by atoms with E-state index in [2.05, 4.69) is 6.07 Å². The Hall–Kier alpha value is -4.44. The Morgan fingerprint density at radius 3 is 2.53 bits per heavy atom. The van der Waals surface area contributed by atoms with Gasteiger partial charge in [-0.15, -0.1) is 0 Å². The lowest BCUT2D eigenvalue weighted by Gasteiger charge is -2.27. The molecule has 0 radical (unpaired) electrons. The van der Waals surface area contributed by atoms with Crippen molar-refractivity contribution in [3.8, 4) is 29.1 Å². The minimum atomic E-state index is -0.563. The molecule has 2 N–H and O–H groups in total. The predicted molar refractivity (Wildman–Crippen MR) is 116 cm³/mol. The summed E-state index contributed by atoms with van der Waals surface area (Å²) in [5.74, 6) is 0.813. The molecule has 32 heavy (non-hydrogen) atoms. The molecule has 0 saturated heterocycles. The first-order valence-electron chi connectivity index (χ1n) is 9.83. The molecule has 0 amide bonds. The molecule has 0 bridgehead atoms. The third-order valence-electron chi connectivity index (χ3n) is 4.97. The van der Waals surface area contributed by atoms with Crippen LogP contribution in [0.5, 0.6) is 23.0 Å².